The minimum Gasteiger partial charge on any atom is -0.380 e. The number of ether oxygens (including phenoxy) is 2. The van der Waals surface area contributed by atoms with E-state index in [0.29, 0.717) is 12.8 Å². The molecule has 1 aliphatic rings. The molecule has 0 spiro atoms. The van der Waals surface area contributed by atoms with E-state index in [1.807, 2.05) is 62.4 Å². The fourth-order valence-electron chi connectivity index (χ4n) is 3.12. The highest BCUT2D eigenvalue weighted by Crippen LogP contribution is 2.37. The van der Waals surface area contributed by atoms with Gasteiger partial charge in [0.25, 0.3) is 0 Å². The summed E-state index contributed by atoms with van der Waals surface area (Å²) in [5.74, 6) is 5.24. The second kappa shape index (κ2) is 7.84. The zero-order valence-electron chi connectivity index (χ0n) is 14.7. The van der Waals surface area contributed by atoms with Crippen molar-refractivity contribution < 1.29 is 14.6 Å². The summed E-state index contributed by atoms with van der Waals surface area (Å²) >= 11 is 0. The van der Waals surface area contributed by atoms with Crippen LogP contribution in [0.2, 0.25) is 0 Å². The highest BCUT2D eigenvalue weighted by Gasteiger charge is 2.36. The van der Waals surface area contributed by atoms with Gasteiger partial charge in [0.15, 0.2) is 5.79 Å². The Morgan fingerprint density at radius 2 is 1.68 bits per heavy atom. The molecule has 130 valence electrons. The Kier molecular flexibility index (Phi) is 5.55. The molecule has 3 atom stereocenters. The topological polar surface area (TPSA) is 38.7 Å². The molecule has 3 rings (SSSR count). The first-order valence-electron chi connectivity index (χ1n) is 8.67. The first-order chi connectivity index (χ1) is 12.0. The van der Waals surface area contributed by atoms with E-state index in [9.17, 15) is 5.11 Å². The van der Waals surface area contributed by atoms with Gasteiger partial charge in [0.2, 0.25) is 0 Å². The lowest BCUT2D eigenvalue weighted by Gasteiger charge is -2.41. The lowest BCUT2D eigenvalue weighted by atomic mass is 9.97. The van der Waals surface area contributed by atoms with Crippen LogP contribution >= 0.6 is 0 Å². The summed E-state index contributed by atoms with van der Waals surface area (Å²) in [7, 11) is 0. The van der Waals surface area contributed by atoms with Crippen molar-refractivity contribution in [3.05, 3.63) is 71.8 Å². The Bertz CT molecular complexity index is 728. The fourth-order valence-corrected chi connectivity index (χ4v) is 3.12. The molecule has 0 bridgehead atoms. The summed E-state index contributed by atoms with van der Waals surface area (Å²) < 4.78 is 12.1. The monoisotopic (exact) mass is 336 g/mol. The molecular formula is C22H24O3. The van der Waals surface area contributed by atoms with E-state index in [-0.39, 0.29) is 12.2 Å². The Morgan fingerprint density at radius 3 is 2.36 bits per heavy atom. The Morgan fingerprint density at radius 1 is 1.04 bits per heavy atom. The summed E-state index contributed by atoms with van der Waals surface area (Å²) in [6.07, 6.45) is 0.307. The molecule has 0 unspecified atom stereocenters. The number of aliphatic hydroxyl groups is 1. The quantitative estimate of drug-likeness (QED) is 0.859. The lowest BCUT2D eigenvalue weighted by Crippen LogP contribution is -2.42. The van der Waals surface area contributed by atoms with Crippen molar-refractivity contribution in [1.82, 2.24) is 0 Å². The molecule has 3 nitrogen and oxygen atoms in total. The van der Waals surface area contributed by atoms with Crippen LogP contribution in [0.4, 0.5) is 0 Å². The number of rotatable bonds is 3. The zero-order chi connectivity index (χ0) is 17.7. The Balaban J connectivity index is 1.66. The summed E-state index contributed by atoms with van der Waals surface area (Å²) in [6.45, 7) is 3.83. The molecule has 1 aliphatic heterocycles. The minimum absolute atomic E-state index is 0.0377. The molecule has 1 saturated heterocycles. The molecule has 0 aliphatic carbocycles. The Hall–Kier alpha value is -2.12. The van der Waals surface area contributed by atoms with Crippen LogP contribution in [-0.4, -0.2) is 23.1 Å². The average molecular weight is 336 g/mol. The molecule has 2 aromatic rings. The van der Waals surface area contributed by atoms with Crippen molar-refractivity contribution >= 4 is 0 Å². The van der Waals surface area contributed by atoms with Gasteiger partial charge in [0, 0.05) is 18.4 Å². The molecule has 0 amide bonds. The van der Waals surface area contributed by atoms with Gasteiger partial charge in [-0.2, -0.15) is 0 Å². The maximum atomic E-state index is 10.3. The van der Waals surface area contributed by atoms with Gasteiger partial charge >= 0.3 is 0 Å². The first-order valence-corrected chi connectivity index (χ1v) is 8.67. The Labute approximate surface area is 149 Å². The predicted molar refractivity (Wildman–Crippen MR) is 97.8 cm³/mol. The van der Waals surface area contributed by atoms with Crippen molar-refractivity contribution in [2.24, 2.45) is 0 Å². The lowest BCUT2D eigenvalue weighted by molar-refractivity contribution is -0.304. The summed E-state index contributed by atoms with van der Waals surface area (Å²) in [5, 5.41) is 10.3. The van der Waals surface area contributed by atoms with Crippen LogP contribution in [0, 0.1) is 11.8 Å². The average Bonchev–Trinajstić information content (AvgIpc) is 2.60. The molecule has 2 aromatic carbocycles. The van der Waals surface area contributed by atoms with Crippen molar-refractivity contribution in [2.45, 2.75) is 50.8 Å². The van der Waals surface area contributed by atoms with Gasteiger partial charge in [-0.3, -0.25) is 0 Å². The van der Waals surface area contributed by atoms with Crippen molar-refractivity contribution in [1.29, 1.82) is 0 Å². The summed E-state index contributed by atoms with van der Waals surface area (Å²) in [6, 6.07) is 19.8. The van der Waals surface area contributed by atoms with Crippen molar-refractivity contribution in [3.8, 4) is 11.8 Å². The predicted octanol–water partition coefficient (Wildman–Crippen LogP) is 4.07. The van der Waals surface area contributed by atoms with Gasteiger partial charge in [-0.05, 0) is 31.5 Å². The highest BCUT2D eigenvalue weighted by molar-refractivity contribution is 5.34. The van der Waals surface area contributed by atoms with Crippen molar-refractivity contribution in [2.75, 3.05) is 0 Å². The van der Waals surface area contributed by atoms with Crippen LogP contribution in [0.25, 0.3) is 0 Å². The van der Waals surface area contributed by atoms with E-state index in [1.165, 1.54) is 0 Å². The third kappa shape index (κ3) is 5.17. The molecule has 1 heterocycles. The van der Waals surface area contributed by atoms with Crippen LogP contribution < -0.4 is 0 Å². The van der Waals surface area contributed by atoms with E-state index < -0.39 is 11.9 Å². The second-order valence-electron chi connectivity index (χ2n) is 6.78. The summed E-state index contributed by atoms with van der Waals surface area (Å²) in [4.78, 5) is 0. The maximum absolute atomic E-state index is 10.3. The van der Waals surface area contributed by atoms with Gasteiger partial charge in [-0.15, -0.1) is 0 Å². The third-order valence-electron chi connectivity index (χ3n) is 4.17. The molecule has 3 heteroatoms. The smallest absolute Gasteiger partial charge is 0.163 e. The molecule has 0 radical (unpaired) electrons. The van der Waals surface area contributed by atoms with Crippen LogP contribution in [0.1, 0.15) is 43.9 Å². The SMILES string of the molecule is CC1(C)O[C@H](C[C@@H](O)C#Cc2ccccc2)C[C@H](c2ccccc2)O1. The van der Waals surface area contributed by atoms with Crippen LogP contribution in [0.3, 0.4) is 0 Å². The molecular weight excluding hydrogens is 312 g/mol. The van der Waals surface area contributed by atoms with Crippen LogP contribution in [0.15, 0.2) is 60.7 Å². The van der Waals surface area contributed by atoms with E-state index in [4.69, 9.17) is 9.47 Å². The minimum atomic E-state index is -0.726. The van der Waals surface area contributed by atoms with E-state index >= 15 is 0 Å². The van der Waals surface area contributed by atoms with Crippen LogP contribution in [-0.2, 0) is 9.47 Å². The molecule has 0 saturated carbocycles. The van der Waals surface area contributed by atoms with E-state index in [0.717, 1.165) is 11.1 Å². The largest absolute Gasteiger partial charge is 0.380 e. The van der Waals surface area contributed by atoms with Gasteiger partial charge < -0.3 is 14.6 Å². The highest BCUT2D eigenvalue weighted by atomic mass is 16.7. The van der Waals surface area contributed by atoms with Gasteiger partial charge in [0.05, 0.1) is 12.2 Å². The van der Waals surface area contributed by atoms with Gasteiger partial charge in [-0.1, -0.05) is 60.4 Å². The first kappa shape index (κ1) is 17.7. The number of benzene rings is 2. The molecule has 1 N–H and O–H groups in total. The molecule has 0 aromatic heterocycles. The van der Waals surface area contributed by atoms with Crippen LogP contribution in [0.5, 0.6) is 0 Å². The normalized spacial score (nSPS) is 23.3. The van der Waals surface area contributed by atoms with Gasteiger partial charge in [-0.25, -0.2) is 0 Å². The fraction of sp³-hybridized carbons (Fsp3) is 0.364. The van der Waals surface area contributed by atoms with E-state index in [1.54, 1.807) is 0 Å². The van der Waals surface area contributed by atoms with E-state index in [2.05, 4.69) is 24.0 Å². The maximum Gasteiger partial charge on any atom is 0.163 e. The van der Waals surface area contributed by atoms with Crippen molar-refractivity contribution in [3.63, 3.8) is 0 Å². The number of hydrogen-bond acceptors (Lipinski definition) is 3. The number of hydrogen-bond donors (Lipinski definition) is 1. The third-order valence-corrected chi connectivity index (χ3v) is 4.17. The second-order valence-corrected chi connectivity index (χ2v) is 6.78. The standard InChI is InChI=1S/C22H24O3/c1-22(2)24-20(16-21(25-22)18-11-7-4-8-12-18)15-19(23)14-13-17-9-5-3-6-10-17/h3-12,19-21,23H,15-16H2,1-2H3/t19-,20+,21+/m0/s1. The molecule has 1 fully saturated rings. The number of aliphatic hydroxyl groups excluding tert-OH is 1. The zero-order valence-corrected chi connectivity index (χ0v) is 14.7. The summed E-state index contributed by atoms with van der Waals surface area (Å²) in [5.41, 5.74) is 2.03. The van der Waals surface area contributed by atoms with Gasteiger partial charge in [0.1, 0.15) is 6.10 Å². The molecule has 25 heavy (non-hydrogen) atoms.